The highest BCUT2D eigenvalue weighted by Crippen LogP contribution is 2.18. The first kappa shape index (κ1) is 50.7. The molecule has 0 saturated carbocycles. The van der Waals surface area contributed by atoms with Crippen molar-refractivity contribution in [1.82, 2.24) is 5.32 Å². The van der Waals surface area contributed by atoms with Crippen LogP contribution in [0.15, 0.2) is 0 Å². The average Bonchev–Trinajstić information content (AvgIpc) is 3.12. The first-order chi connectivity index (χ1) is 25.6. The maximum Gasteiger partial charge on any atom is 0.404 e. The monoisotopic (exact) mass is 736 g/mol. The number of unbranched alkanes of at least 4 members (excludes halogenated alkanes) is 42. The second kappa shape index (κ2) is 45.9. The second-order valence-corrected chi connectivity index (χ2v) is 16.6. The molecule has 0 aromatic heterocycles. The molecule has 0 aliphatic heterocycles. The minimum atomic E-state index is -0.900. The van der Waals surface area contributed by atoms with Gasteiger partial charge in [-0.1, -0.05) is 263 Å². The lowest BCUT2D eigenvalue weighted by Crippen LogP contribution is -2.21. The van der Waals surface area contributed by atoms with E-state index in [1.807, 2.05) is 0 Å². The second-order valence-electron chi connectivity index (χ2n) is 16.6. The number of carbonyl (C=O) groups is 2. The summed E-state index contributed by atoms with van der Waals surface area (Å²) in [5.74, 6) is -0.650. The molecule has 310 valence electrons. The maximum atomic E-state index is 10.5. The van der Waals surface area contributed by atoms with Crippen molar-refractivity contribution in [2.24, 2.45) is 0 Å². The van der Waals surface area contributed by atoms with Crippen molar-refractivity contribution >= 4 is 12.1 Å². The summed E-state index contributed by atoms with van der Waals surface area (Å²) in [6.45, 7) is 0.602. The zero-order valence-corrected chi connectivity index (χ0v) is 35.0. The van der Waals surface area contributed by atoms with Crippen molar-refractivity contribution in [2.75, 3.05) is 6.54 Å². The Kier molecular flexibility index (Phi) is 44.8. The molecule has 5 heteroatoms. The highest BCUT2D eigenvalue weighted by Gasteiger charge is 2.00. The topological polar surface area (TPSA) is 86.6 Å². The van der Waals surface area contributed by atoms with Crippen LogP contribution in [-0.2, 0) is 4.79 Å². The Balaban J connectivity index is 3.06. The van der Waals surface area contributed by atoms with Crippen LogP contribution in [-0.4, -0.2) is 28.8 Å². The molecule has 0 spiro atoms. The van der Waals surface area contributed by atoms with Crippen LogP contribution in [0.4, 0.5) is 4.79 Å². The molecule has 0 aliphatic carbocycles. The number of carboxylic acids is 1. The number of hydrogen-bond acceptors (Lipinski definition) is 2. The zero-order valence-electron chi connectivity index (χ0n) is 35.0. The summed E-state index contributed by atoms with van der Waals surface area (Å²) in [5.41, 5.74) is 0. The van der Waals surface area contributed by atoms with Gasteiger partial charge in [0.1, 0.15) is 0 Å². The summed E-state index contributed by atoms with van der Waals surface area (Å²) in [7, 11) is 0. The molecule has 0 fully saturated rings. The molecular weight excluding hydrogens is 643 g/mol. The van der Waals surface area contributed by atoms with Crippen molar-refractivity contribution in [3.8, 4) is 0 Å². The molecule has 0 heterocycles. The van der Waals surface area contributed by atoms with Crippen LogP contribution in [0.3, 0.4) is 0 Å². The Morgan fingerprint density at radius 3 is 0.558 bits per heavy atom. The number of amides is 1. The van der Waals surface area contributed by atoms with Gasteiger partial charge in [0.05, 0.1) is 0 Å². The summed E-state index contributed by atoms with van der Waals surface area (Å²) in [6.07, 6.45) is 58.8. The van der Waals surface area contributed by atoms with Gasteiger partial charge in [0.25, 0.3) is 0 Å². The smallest absolute Gasteiger partial charge is 0.404 e. The van der Waals surface area contributed by atoms with Crippen LogP contribution < -0.4 is 5.32 Å². The van der Waals surface area contributed by atoms with Crippen molar-refractivity contribution < 1.29 is 19.8 Å². The number of hydrogen-bond donors (Lipinski definition) is 3. The Morgan fingerprint density at radius 1 is 0.250 bits per heavy atom. The molecule has 0 aromatic rings. The van der Waals surface area contributed by atoms with E-state index in [9.17, 15) is 9.59 Å². The summed E-state index contributed by atoms with van der Waals surface area (Å²) in [5, 5.41) is 19.6. The number of rotatable bonds is 46. The largest absolute Gasteiger partial charge is 0.481 e. The van der Waals surface area contributed by atoms with Gasteiger partial charge in [-0.3, -0.25) is 4.79 Å². The van der Waals surface area contributed by atoms with Gasteiger partial charge < -0.3 is 15.5 Å². The fourth-order valence-corrected chi connectivity index (χ4v) is 7.84. The Morgan fingerprint density at radius 2 is 0.404 bits per heavy atom. The van der Waals surface area contributed by atoms with Crippen molar-refractivity contribution in [1.29, 1.82) is 0 Å². The molecule has 0 bridgehead atoms. The molecule has 0 aliphatic rings. The predicted molar refractivity (Wildman–Crippen MR) is 227 cm³/mol. The van der Waals surface area contributed by atoms with E-state index < -0.39 is 12.1 Å². The third-order valence-electron chi connectivity index (χ3n) is 11.3. The summed E-state index contributed by atoms with van der Waals surface area (Å²) in [6, 6.07) is 0. The summed E-state index contributed by atoms with van der Waals surface area (Å²) < 4.78 is 0. The molecular formula is C47H93NO4. The average molecular weight is 736 g/mol. The van der Waals surface area contributed by atoms with Gasteiger partial charge >= 0.3 is 12.1 Å². The van der Waals surface area contributed by atoms with E-state index >= 15 is 0 Å². The third-order valence-corrected chi connectivity index (χ3v) is 11.3. The van der Waals surface area contributed by atoms with Gasteiger partial charge in [-0.25, -0.2) is 4.79 Å². The van der Waals surface area contributed by atoms with Crippen LogP contribution in [0.1, 0.15) is 283 Å². The molecule has 0 unspecified atom stereocenters. The van der Waals surface area contributed by atoms with Gasteiger partial charge in [0.15, 0.2) is 0 Å². The highest BCUT2D eigenvalue weighted by atomic mass is 16.4. The maximum absolute atomic E-state index is 10.5. The standard InChI is InChI=1S/C47H93NO4/c49-46(50)44-42-40-38-36-34-32-30-28-26-24-22-20-18-16-14-12-10-8-6-4-2-1-3-5-7-9-11-13-15-17-19-21-23-25-27-29-31-33-35-37-39-41-43-45-48-47(51)52/h48H,1-45H2,(H,49,50)(H,51,52). The van der Waals surface area contributed by atoms with E-state index in [1.54, 1.807) is 0 Å². The summed E-state index contributed by atoms with van der Waals surface area (Å²) >= 11 is 0. The third kappa shape index (κ3) is 48.7. The molecule has 0 atom stereocenters. The molecule has 0 radical (unpaired) electrons. The van der Waals surface area contributed by atoms with Gasteiger partial charge in [0, 0.05) is 13.0 Å². The minimum Gasteiger partial charge on any atom is -0.481 e. The van der Waals surface area contributed by atoms with Gasteiger partial charge in [-0.05, 0) is 12.8 Å². The van der Waals surface area contributed by atoms with E-state index in [-0.39, 0.29) is 0 Å². The fraction of sp³-hybridized carbons (Fsp3) is 0.957. The minimum absolute atomic E-state index is 0.342. The molecule has 5 nitrogen and oxygen atoms in total. The molecule has 0 rings (SSSR count). The number of carboxylic acid groups (broad SMARTS) is 2. The number of nitrogens with one attached hydrogen (secondary N) is 1. The molecule has 52 heavy (non-hydrogen) atoms. The van der Waals surface area contributed by atoms with Crippen LogP contribution in [0, 0.1) is 0 Å². The van der Waals surface area contributed by atoms with Crippen LogP contribution in [0.2, 0.25) is 0 Å². The van der Waals surface area contributed by atoms with Crippen LogP contribution in [0.5, 0.6) is 0 Å². The molecule has 3 N–H and O–H groups in total. The van der Waals surface area contributed by atoms with Gasteiger partial charge in [-0.2, -0.15) is 0 Å². The van der Waals surface area contributed by atoms with Crippen LogP contribution >= 0.6 is 0 Å². The van der Waals surface area contributed by atoms with E-state index in [4.69, 9.17) is 10.2 Å². The Labute approximate surface area is 325 Å². The first-order valence-electron chi connectivity index (χ1n) is 23.8. The van der Waals surface area contributed by atoms with Crippen molar-refractivity contribution in [3.05, 3.63) is 0 Å². The SMILES string of the molecule is O=C(O)CCCCCCCCCCCCCCCCCCCCCCCCCCCCCCCCCCCCCCCCCCCCCNC(=O)O. The number of aliphatic carboxylic acids is 1. The van der Waals surface area contributed by atoms with Gasteiger partial charge in [-0.15, -0.1) is 0 Å². The summed E-state index contributed by atoms with van der Waals surface area (Å²) in [4.78, 5) is 20.9. The first-order valence-corrected chi connectivity index (χ1v) is 23.8. The molecule has 0 aromatic carbocycles. The van der Waals surface area contributed by atoms with Crippen LogP contribution in [0.25, 0.3) is 0 Å². The Bertz CT molecular complexity index is 641. The lowest BCUT2D eigenvalue weighted by molar-refractivity contribution is -0.137. The molecule has 0 saturated heterocycles. The van der Waals surface area contributed by atoms with E-state index in [0.29, 0.717) is 13.0 Å². The van der Waals surface area contributed by atoms with Crippen molar-refractivity contribution in [3.63, 3.8) is 0 Å². The quantitative estimate of drug-likeness (QED) is 0.0543. The van der Waals surface area contributed by atoms with Crippen molar-refractivity contribution in [2.45, 2.75) is 283 Å². The van der Waals surface area contributed by atoms with E-state index in [0.717, 1.165) is 25.7 Å². The zero-order chi connectivity index (χ0) is 37.7. The Hall–Kier alpha value is -1.26. The lowest BCUT2D eigenvalue weighted by atomic mass is 10.0. The predicted octanol–water partition coefficient (Wildman–Crippen LogP) is 16.5. The highest BCUT2D eigenvalue weighted by molar-refractivity contribution is 5.66. The van der Waals surface area contributed by atoms with E-state index in [1.165, 1.54) is 250 Å². The molecule has 1 amide bonds. The van der Waals surface area contributed by atoms with E-state index in [2.05, 4.69) is 5.32 Å². The normalized spacial score (nSPS) is 11.4. The lowest BCUT2D eigenvalue weighted by Gasteiger charge is -2.05. The van der Waals surface area contributed by atoms with Gasteiger partial charge in [0.2, 0.25) is 0 Å². The fourth-order valence-electron chi connectivity index (χ4n) is 7.84.